The molecule has 0 heterocycles. The number of hydrogen-bond donors (Lipinski definition) is 2. The third-order valence-corrected chi connectivity index (χ3v) is 6.84. The molecular weight excluding hydrogens is 467 g/mol. The molecule has 2 atom stereocenters. The van der Waals surface area contributed by atoms with Crippen molar-refractivity contribution in [3.05, 3.63) is 0 Å². The summed E-state index contributed by atoms with van der Waals surface area (Å²) in [5.41, 5.74) is 0. The summed E-state index contributed by atoms with van der Waals surface area (Å²) in [6.07, 6.45) is 17.6. The van der Waals surface area contributed by atoms with Gasteiger partial charge in [0.25, 0.3) is 0 Å². The molecule has 0 saturated carbocycles. The van der Waals surface area contributed by atoms with Gasteiger partial charge in [0.1, 0.15) is 11.9 Å². The summed E-state index contributed by atoms with van der Waals surface area (Å²) in [4.78, 5) is 23.0. The lowest BCUT2D eigenvalue weighted by Crippen LogP contribution is -2.35. The SMILES string of the molecule is CCCCCCCCCCCCCCCCOCC(CNCC(C)=O)OP(=O)(O)OCCN(C)C. The van der Waals surface area contributed by atoms with Crippen LogP contribution in [0.4, 0.5) is 0 Å². The third kappa shape index (κ3) is 26.5. The van der Waals surface area contributed by atoms with E-state index in [2.05, 4.69) is 12.2 Å². The van der Waals surface area contributed by atoms with Gasteiger partial charge in [-0.2, -0.15) is 0 Å². The van der Waals surface area contributed by atoms with Crippen molar-refractivity contribution in [3.63, 3.8) is 0 Å². The fraction of sp³-hybridized carbons (Fsp3) is 0.962. The summed E-state index contributed by atoms with van der Waals surface area (Å²) in [5, 5.41) is 2.94. The van der Waals surface area contributed by atoms with E-state index in [1.807, 2.05) is 19.0 Å². The molecule has 35 heavy (non-hydrogen) atoms. The summed E-state index contributed by atoms with van der Waals surface area (Å²) >= 11 is 0. The number of phosphoric ester groups is 1. The standard InChI is InChI=1S/C26H55N2O6P/c1-5-6-7-8-9-10-11-12-13-14-15-16-17-18-20-32-24-26(23-27-22-25(2)29)34-35(30,31)33-21-19-28(3)4/h26-27H,5-24H2,1-4H3,(H,30,31). The highest BCUT2D eigenvalue weighted by molar-refractivity contribution is 7.47. The van der Waals surface area contributed by atoms with E-state index in [1.165, 1.54) is 84.0 Å². The second-order valence-electron chi connectivity index (χ2n) is 9.84. The molecule has 0 aliphatic carbocycles. The van der Waals surface area contributed by atoms with E-state index in [-0.39, 0.29) is 32.1 Å². The maximum Gasteiger partial charge on any atom is 0.472 e. The van der Waals surface area contributed by atoms with Gasteiger partial charge < -0.3 is 19.8 Å². The molecule has 0 saturated heterocycles. The molecule has 0 aromatic carbocycles. The molecule has 2 N–H and O–H groups in total. The first-order chi connectivity index (χ1) is 16.8. The molecule has 9 heteroatoms. The number of nitrogens with zero attached hydrogens (tertiary/aromatic N) is 1. The molecule has 2 unspecified atom stereocenters. The predicted molar refractivity (Wildman–Crippen MR) is 144 cm³/mol. The molecule has 0 bridgehead atoms. The van der Waals surface area contributed by atoms with Crippen LogP contribution in [0.2, 0.25) is 0 Å². The van der Waals surface area contributed by atoms with Gasteiger partial charge in [0, 0.05) is 19.7 Å². The number of likely N-dealkylation sites (N-methyl/N-ethyl adjacent to an activating group) is 1. The molecule has 0 rings (SSSR count). The summed E-state index contributed by atoms with van der Waals surface area (Å²) in [6, 6.07) is 0. The Bertz CT molecular complexity index is 536. The summed E-state index contributed by atoms with van der Waals surface area (Å²) < 4.78 is 28.2. The number of ether oxygens (including phenoxy) is 1. The first-order valence-electron chi connectivity index (χ1n) is 13.8. The summed E-state index contributed by atoms with van der Waals surface area (Å²) in [6.45, 7) is 5.52. The van der Waals surface area contributed by atoms with Gasteiger partial charge >= 0.3 is 7.82 Å². The van der Waals surface area contributed by atoms with Crippen molar-refractivity contribution in [2.75, 3.05) is 53.6 Å². The zero-order valence-electron chi connectivity index (χ0n) is 23.1. The van der Waals surface area contributed by atoms with Crippen LogP contribution in [0.5, 0.6) is 0 Å². The lowest BCUT2D eigenvalue weighted by molar-refractivity contribution is -0.116. The van der Waals surface area contributed by atoms with Crippen LogP contribution in [0.25, 0.3) is 0 Å². The Morgan fingerprint density at radius 2 is 1.40 bits per heavy atom. The van der Waals surface area contributed by atoms with E-state index in [0.717, 1.165) is 12.8 Å². The Balaban J connectivity index is 3.86. The van der Waals surface area contributed by atoms with Gasteiger partial charge in [0.2, 0.25) is 0 Å². The molecule has 0 amide bonds. The summed E-state index contributed by atoms with van der Waals surface area (Å²) in [5.74, 6) is -0.0125. The van der Waals surface area contributed by atoms with E-state index in [1.54, 1.807) is 0 Å². The fourth-order valence-corrected chi connectivity index (χ4v) is 4.59. The number of hydrogen-bond acceptors (Lipinski definition) is 7. The molecule has 0 fully saturated rings. The smallest absolute Gasteiger partial charge is 0.379 e. The average Bonchev–Trinajstić information content (AvgIpc) is 2.77. The van der Waals surface area contributed by atoms with Crippen LogP contribution in [-0.2, 0) is 23.1 Å². The zero-order valence-corrected chi connectivity index (χ0v) is 24.0. The van der Waals surface area contributed by atoms with Crippen molar-refractivity contribution < 1.29 is 28.0 Å². The number of unbranched alkanes of at least 4 members (excludes halogenated alkanes) is 13. The van der Waals surface area contributed by atoms with Crippen LogP contribution < -0.4 is 5.32 Å². The number of nitrogens with one attached hydrogen (secondary N) is 1. The number of carbonyl (C=O) groups excluding carboxylic acids is 1. The van der Waals surface area contributed by atoms with Gasteiger partial charge in [0.05, 0.1) is 19.8 Å². The van der Waals surface area contributed by atoms with E-state index in [9.17, 15) is 14.3 Å². The largest absolute Gasteiger partial charge is 0.472 e. The minimum absolute atomic E-state index is 0.0125. The molecule has 210 valence electrons. The van der Waals surface area contributed by atoms with E-state index in [4.69, 9.17) is 13.8 Å². The van der Waals surface area contributed by atoms with Gasteiger partial charge in [-0.1, -0.05) is 90.4 Å². The summed E-state index contributed by atoms with van der Waals surface area (Å²) in [7, 11) is -0.485. The zero-order chi connectivity index (χ0) is 26.2. The third-order valence-electron chi connectivity index (χ3n) is 5.77. The highest BCUT2D eigenvalue weighted by atomic mass is 31.2. The van der Waals surface area contributed by atoms with Crippen molar-refractivity contribution in [1.29, 1.82) is 0 Å². The van der Waals surface area contributed by atoms with Crippen molar-refractivity contribution in [2.24, 2.45) is 0 Å². The minimum Gasteiger partial charge on any atom is -0.379 e. The topological polar surface area (TPSA) is 97.3 Å². The molecule has 0 aliphatic rings. The number of ketones is 1. The number of Topliss-reactive ketones (excluding diaryl/α,β-unsaturated/α-hetero) is 1. The van der Waals surface area contributed by atoms with Crippen molar-refractivity contribution in [2.45, 2.75) is 110 Å². The first kappa shape index (κ1) is 34.7. The average molecular weight is 523 g/mol. The van der Waals surface area contributed by atoms with Gasteiger partial charge in [-0.15, -0.1) is 0 Å². The highest BCUT2D eigenvalue weighted by Gasteiger charge is 2.26. The monoisotopic (exact) mass is 522 g/mol. The lowest BCUT2D eigenvalue weighted by atomic mass is 10.0. The molecule has 0 aliphatic heterocycles. The number of phosphoric acid groups is 1. The molecular formula is C26H55N2O6P. The van der Waals surface area contributed by atoms with Gasteiger partial charge in [-0.05, 0) is 27.4 Å². The molecule has 0 aromatic heterocycles. The second kappa shape index (κ2) is 24.0. The quantitative estimate of drug-likeness (QED) is 0.104. The molecule has 0 radical (unpaired) electrons. The Labute approximate surface area is 215 Å². The number of carbonyl (C=O) groups is 1. The lowest BCUT2D eigenvalue weighted by Gasteiger charge is -2.21. The van der Waals surface area contributed by atoms with Gasteiger partial charge in [-0.25, -0.2) is 4.57 Å². The van der Waals surface area contributed by atoms with Crippen LogP contribution in [-0.4, -0.2) is 75.2 Å². The van der Waals surface area contributed by atoms with Crippen molar-refractivity contribution in [1.82, 2.24) is 10.2 Å². The fourth-order valence-electron chi connectivity index (χ4n) is 3.71. The van der Waals surface area contributed by atoms with Crippen LogP contribution >= 0.6 is 7.82 Å². The Hall–Kier alpha value is -0.340. The molecule has 0 aromatic rings. The van der Waals surface area contributed by atoms with E-state index in [0.29, 0.717) is 13.2 Å². The second-order valence-corrected chi connectivity index (χ2v) is 11.2. The number of rotatable bonds is 27. The normalized spacial score (nSPS) is 14.3. The van der Waals surface area contributed by atoms with Crippen LogP contribution in [0.1, 0.15) is 104 Å². The minimum atomic E-state index is -4.19. The Morgan fingerprint density at radius 1 is 0.886 bits per heavy atom. The Morgan fingerprint density at radius 3 is 1.89 bits per heavy atom. The van der Waals surface area contributed by atoms with E-state index >= 15 is 0 Å². The predicted octanol–water partition coefficient (Wildman–Crippen LogP) is 5.73. The molecule has 0 spiro atoms. The Kier molecular flexibility index (Phi) is 23.8. The van der Waals surface area contributed by atoms with E-state index < -0.39 is 13.9 Å². The van der Waals surface area contributed by atoms with Gasteiger partial charge in [-0.3, -0.25) is 13.8 Å². The van der Waals surface area contributed by atoms with Crippen LogP contribution in [0.15, 0.2) is 0 Å². The van der Waals surface area contributed by atoms with Crippen molar-refractivity contribution in [3.8, 4) is 0 Å². The van der Waals surface area contributed by atoms with Gasteiger partial charge in [0.15, 0.2) is 0 Å². The maximum atomic E-state index is 12.2. The first-order valence-corrected chi connectivity index (χ1v) is 15.3. The maximum absolute atomic E-state index is 12.2. The highest BCUT2D eigenvalue weighted by Crippen LogP contribution is 2.44. The van der Waals surface area contributed by atoms with Crippen LogP contribution in [0, 0.1) is 0 Å². The van der Waals surface area contributed by atoms with Crippen LogP contribution in [0.3, 0.4) is 0 Å². The molecule has 8 nitrogen and oxygen atoms in total. The van der Waals surface area contributed by atoms with Crippen molar-refractivity contribution >= 4 is 13.6 Å².